The molecule has 1 unspecified atom stereocenters. The van der Waals surface area contributed by atoms with Gasteiger partial charge in [-0.1, -0.05) is 23.8 Å². The Morgan fingerprint density at radius 1 is 1.38 bits per heavy atom. The predicted octanol–water partition coefficient (Wildman–Crippen LogP) is 2.19. The molecule has 1 aliphatic rings. The van der Waals surface area contributed by atoms with Crippen molar-refractivity contribution in [3.63, 3.8) is 0 Å². The van der Waals surface area contributed by atoms with E-state index in [0.29, 0.717) is 6.04 Å². The SMILES string of the molecule is C#C.Cc1ccc2c(c1)C(N)CC2. The topological polar surface area (TPSA) is 26.0 Å². The molecule has 0 amide bonds. The van der Waals surface area contributed by atoms with Gasteiger partial charge in [-0.25, -0.2) is 0 Å². The Labute approximate surface area is 80.0 Å². The second kappa shape index (κ2) is 4.11. The predicted molar refractivity (Wildman–Crippen MR) is 56.3 cm³/mol. The standard InChI is InChI=1S/C10H13N.C2H2/c1-7-2-3-8-4-5-10(11)9(8)6-7;1-2/h2-3,6,10H,4-5,11H2,1H3;1-2H. The normalized spacial score (nSPS) is 18.6. The van der Waals surface area contributed by atoms with Gasteiger partial charge in [-0.15, -0.1) is 12.8 Å². The summed E-state index contributed by atoms with van der Waals surface area (Å²) >= 11 is 0. The van der Waals surface area contributed by atoms with Crippen LogP contribution in [0.5, 0.6) is 0 Å². The van der Waals surface area contributed by atoms with Crippen LogP contribution in [-0.4, -0.2) is 0 Å². The minimum atomic E-state index is 0.296. The molecule has 0 radical (unpaired) electrons. The van der Waals surface area contributed by atoms with E-state index in [1.807, 2.05) is 0 Å². The summed E-state index contributed by atoms with van der Waals surface area (Å²) in [6.07, 6.45) is 10.3. The van der Waals surface area contributed by atoms with E-state index in [2.05, 4.69) is 38.0 Å². The highest BCUT2D eigenvalue weighted by Gasteiger charge is 2.17. The van der Waals surface area contributed by atoms with Crippen molar-refractivity contribution in [1.29, 1.82) is 0 Å². The second-order valence-electron chi connectivity index (χ2n) is 3.35. The Balaban J connectivity index is 0.000000396. The number of nitrogens with two attached hydrogens (primary N) is 1. The molecule has 0 saturated carbocycles. The number of terminal acetylenes is 1. The molecule has 1 aromatic carbocycles. The van der Waals surface area contributed by atoms with E-state index in [1.165, 1.54) is 16.7 Å². The number of rotatable bonds is 0. The fraction of sp³-hybridized carbons (Fsp3) is 0.333. The highest BCUT2D eigenvalue weighted by molar-refractivity contribution is 5.37. The van der Waals surface area contributed by atoms with Crippen molar-refractivity contribution in [3.8, 4) is 12.8 Å². The zero-order chi connectivity index (χ0) is 9.84. The summed E-state index contributed by atoms with van der Waals surface area (Å²) in [7, 11) is 0. The van der Waals surface area contributed by atoms with Gasteiger partial charge in [0.05, 0.1) is 0 Å². The van der Waals surface area contributed by atoms with Crippen LogP contribution >= 0.6 is 0 Å². The average molecular weight is 173 g/mol. The maximum Gasteiger partial charge on any atom is 0.0300 e. The molecule has 1 nitrogen and oxygen atoms in total. The molecule has 0 spiro atoms. The number of hydrogen-bond donors (Lipinski definition) is 1. The molecule has 0 aliphatic heterocycles. The minimum Gasteiger partial charge on any atom is -0.324 e. The lowest BCUT2D eigenvalue weighted by Crippen LogP contribution is -2.05. The monoisotopic (exact) mass is 173 g/mol. The summed E-state index contributed by atoms with van der Waals surface area (Å²) in [6.45, 7) is 2.12. The summed E-state index contributed by atoms with van der Waals surface area (Å²) in [5.41, 5.74) is 10.0. The molecule has 13 heavy (non-hydrogen) atoms. The average Bonchev–Trinajstić information content (AvgIpc) is 2.52. The third kappa shape index (κ3) is 1.91. The molecule has 0 saturated heterocycles. The van der Waals surface area contributed by atoms with E-state index in [4.69, 9.17) is 5.73 Å². The first-order chi connectivity index (χ1) is 6.27. The van der Waals surface area contributed by atoms with Gasteiger partial charge < -0.3 is 5.73 Å². The zero-order valence-electron chi connectivity index (χ0n) is 7.96. The van der Waals surface area contributed by atoms with Crippen LogP contribution in [0, 0.1) is 19.8 Å². The van der Waals surface area contributed by atoms with Gasteiger partial charge in [-0.2, -0.15) is 0 Å². The minimum absolute atomic E-state index is 0.296. The van der Waals surface area contributed by atoms with E-state index in [9.17, 15) is 0 Å². The fourth-order valence-corrected chi connectivity index (χ4v) is 1.75. The molecule has 1 atom stereocenters. The van der Waals surface area contributed by atoms with E-state index in [1.54, 1.807) is 0 Å². The van der Waals surface area contributed by atoms with Crippen LogP contribution < -0.4 is 5.73 Å². The van der Waals surface area contributed by atoms with Crippen LogP contribution in [-0.2, 0) is 6.42 Å². The van der Waals surface area contributed by atoms with Crippen molar-refractivity contribution in [3.05, 3.63) is 34.9 Å². The van der Waals surface area contributed by atoms with Crippen LogP contribution in [0.15, 0.2) is 18.2 Å². The summed E-state index contributed by atoms with van der Waals surface area (Å²) in [5, 5.41) is 0. The Morgan fingerprint density at radius 3 is 2.77 bits per heavy atom. The molecule has 2 N–H and O–H groups in total. The van der Waals surface area contributed by atoms with E-state index in [0.717, 1.165) is 12.8 Å². The van der Waals surface area contributed by atoms with Crippen LogP contribution in [0.2, 0.25) is 0 Å². The van der Waals surface area contributed by atoms with E-state index >= 15 is 0 Å². The molecule has 68 valence electrons. The van der Waals surface area contributed by atoms with Gasteiger partial charge in [0.15, 0.2) is 0 Å². The molecule has 0 heterocycles. The first kappa shape index (κ1) is 9.83. The van der Waals surface area contributed by atoms with Crippen molar-refractivity contribution in [1.82, 2.24) is 0 Å². The quantitative estimate of drug-likeness (QED) is 0.598. The van der Waals surface area contributed by atoms with Gasteiger partial charge in [0.2, 0.25) is 0 Å². The van der Waals surface area contributed by atoms with Gasteiger partial charge in [-0.3, -0.25) is 0 Å². The van der Waals surface area contributed by atoms with Crippen molar-refractivity contribution in [2.45, 2.75) is 25.8 Å². The molecule has 0 bridgehead atoms. The number of hydrogen-bond acceptors (Lipinski definition) is 1. The van der Waals surface area contributed by atoms with E-state index < -0.39 is 0 Å². The van der Waals surface area contributed by atoms with Gasteiger partial charge in [-0.05, 0) is 30.9 Å². The van der Waals surface area contributed by atoms with Gasteiger partial charge >= 0.3 is 0 Å². The first-order valence-electron chi connectivity index (χ1n) is 4.46. The number of benzene rings is 1. The third-order valence-electron chi connectivity index (χ3n) is 2.43. The third-order valence-corrected chi connectivity index (χ3v) is 2.43. The van der Waals surface area contributed by atoms with Crippen LogP contribution in [0.4, 0.5) is 0 Å². The highest BCUT2D eigenvalue weighted by atomic mass is 14.6. The van der Waals surface area contributed by atoms with Crippen molar-refractivity contribution in [2.75, 3.05) is 0 Å². The summed E-state index contributed by atoms with van der Waals surface area (Å²) < 4.78 is 0. The molecule has 1 heteroatoms. The Kier molecular flexibility index (Phi) is 3.11. The van der Waals surface area contributed by atoms with E-state index in [-0.39, 0.29) is 0 Å². The summed E-state index contributed by atoms with van der Waals surface area (Å²) in [6, 6.07) is 6.88. The smallest absolute Gasteiger partial charge is 0.0300 e. The molecule has 0 aromatic heterocycles. The zero-order valence-corrected chi connectivity index (χ0v) is 7.96. The lowest BCUT2D eigenvalue weighted by Gasteiger charge is -2.04. The number of aryl methyl sites for hydroxylation is 2. The van der Waals surface area contributed by atoms with Crippen molar-refractivity contribution < 1.29 is 0 Å². The van der Waals surface area contributed by atoms with Crippen LogP contribution in [0.1, 0.15) is 29.2 Å². The first-order valence-corrected chi connectivity index (χ1v) is 4.46. The maximum atomic E-state index is 5.92. The van der Waals surface area contributed by atoms with Crippen LogP contribution in [0.25, 0.3) is 0 Å². The lowest BCUT2D eigenvalue weighted by molar-refractivity contribution is 0.713. The summed E-state index contributed by atoms with van der Waals surface area (Å²) in [4.78, 5) is 0. The van der Waals surface area contributed by atoms with Crippen LogP contribution in [0.3, 0.4) is 0 Å². The lowest BCUT2D eigenvalue weighted by atomic mass is 10.1. The maximum absolute atomic E-state index is 5.92. The largest absolute Gasteiger partial charge is 0.324 e. The van der Waals surface area contributed by atoms with Gasteiger partial charge in [0, 0.05) is 6.04 Å². The highest BCUT2D eigenvalue weighted by Crippen LogP contribution is 2.29. The van der Waals surface area contributed by atoms with Crippen molar-refractivity contribution >= 4 is 0 Å². The molecule has 0 fully saturated rings. The molecule has 2 rings (SSSR count). The Bertz CT molecular complexity index is 312. The Hall–Kier alpha value is -1.26. The molecular formula is C12H15N. The van der Waals surface area contributed by atoms with Gasteiger partial charge in [0.1, 0.15) is 0 Å². The fourth-order valence-electron chi connectivity index (χ4n) is 1.75. The van der Waals surface area contributed by atoms with Gasteiger partial charge in [0.25, 0.3) is 0 Å². The second-order valence-corrected chi connectivity index (χ2v) is 3.35. The molecule has 1 aromatic rings. The molecule has 1 aliphatic carbocycles. The summed E-state index contributed by atoms with van der Waals surface area (Å²) in [5.74, 6) is 0. The number of fused-ring (bicyclic) bond motifs is 1. The Morgan fingerprint density at radius 2 is 2.08 bits per heavy atom. The molecular weight excluding hydrogens is 158 g/mol. The van der Waals surface area contributed by atoms with Crippen molar-refractivity contribution in [2.24, 2.45) is 5.73 Å².